The van der Waals surface area contributed by atoms with Crippen LogP contribution in [0.4, 0.5) is 0 Å². The van der Waals surface area contributed by atoms with Crippen molar-refractivity contribution in [3.8, 4) is 5.13 Å². The molecule has 0 amide bonds. The predicted molar refractivity (Wildman–Crippen MR) is 59.0 cm³/mol. The zero-order chi connectivity index (χ0) is 10.7. The Bertz CT molecular complexity index is 406. The van der Waals surface area contributed by atoms with Crippen molar-refractivity contribution < 1.29 is 0 Å². The van der Waals surface area contributed by atoms with Crippen LogP contribution >= 0.6 is 11.3 Å². The van der Waals surface area contributed by atoms with E-state index in [4.69, 9.17) is 0 Å². The molecule has 0 spiro atoms. The van der Waals surface area contributed by atoms with Crippen molar-refractivity contribution in [2.45, 2.75) is 26.4 Å². The van der Waals surface area contributed by atoms with Crippen molar-refractivity contribution in [2.75, 3.05) is 0 Å². The second-order valence-corrected chi connectivity index (χ2v) is 4.51. The molecule has 0 unspecified atom stereocenters. The van der Waals surface area contributed by atoms with Crippen LogP contribution in [0, 0.1) is 0 Å². The maximum Gasteiger partial charge on any atom is 0.232 e. The van der Waals surface area contributed by atoms with Crippen molar-refractivity contribution in [3.63, 3.8) is 0 Å². The number of aromatic nitrogens is 4. The van der Waals surface area contributed by atoms with E-state index in [1.54, 1.807) is 22.2 Å². The van der Waals surface area contributed by atoms with Crippen LogP contribution in [0.5, 0.6) is 0 Å². The summed E-state index contributed by atoms with van der Waals surface area (Å²) in [7, 11) is 0. The highest BCUT2D eigenvalue weighted by Gasteiger charge is 2.05. The summed E-state index contributed by atoms with van der Waals surface area (Å²) in [5.41, 5.74) is 0. The number of nitrogens with one attached hydrogen (secondary N) is 1. The third-order valence-electron chi connectivity index (χ3n) is 1.82. The average Bonchev–Trinajstić information content (AvgIpc) is 2.85. The maximum atomic E-state index is 4.10. The standard InChI is InChI=1S/C9H13N5S/c1-7(2)10-6-8-12-13-9(15-8)14-5-3-4-11-14/h3-5,7,10H,6H2,1-2H3. The zero-order valence-corrected chi connectivity index (χ0v) is 9.53. The van der Waals surface area contributed by atoms with Gasteiger partial charge >= 0.3 is 0 Å². The van der Waals surface area contributed by atoms with Crippen LogP contribution in [-0.2, 0) is 6.54 Å². The fourth-order valence-corrected chi connectivity index (χ4v) is 1.81. The van der Waals surface area contributed by atoms with Gasteiger partial charge in [0.05, 0.1) is 0 Å². The monoisotopic (exact) mass is 223 g/mol. The lowest BCUT2D eigenvalue weighted by Crippen LogP contribution is -2.21. The maximum absolute atomic E-state index is 4.10. The summed E-state index contributed by atoms with van der Waals surface area (Å²) in [4.78, 5) is 0. The Balaban J connectivity index is 2.04. The molecule has 6 heteroatoms. The molecule has 0 saturated carbocycles. The van der Waals surface area contributed by atoms with Crippen LogP contribution in [0.2, 0.25) is 0 Å². The van der Waals surface area contributed by atoms with E-state index in [-0.39, 0.29) is 0 Å². The molecule has 2 heterocycles. The van der Waals surface area contributed by atoms with E-state index in [0.717, 1.165) is 16.7 Å². The van der Waals surface area contributed by atoms with Gasteiger partial charge in [0, 0.05) is 25.0 Å². The van der Waals surface area contributed by atoms with Gasteiger partial charge in [0.25, 0.3) is 0 Å². The molecule has 5 nitrogen and oxygen atoms in total. The van der Waals surface area contributed by atoms with Crippen LogP contribution in [0.3, 0.4) is 0 Å². The Morgan fingerprint density at radius 3 is 3.00 bits per heavy atom. The highest BCUT2D eigenvalue weighted by atomic mass is 32.1. The minimum atomic E-state index is 0.460. The van der Waals surface area contributed by atoms with E-state index >= 15 is 0 Å². The first-order chi connectivity index (χ1) is 7.25. The van der Waals surface area contributed by atoms with Gasteiger partial charge in [-0.15, -0.1) is 10.2 Å². The molecule has 0 aliphatic heterocycles. The van der Waals surface area contributed by atoms with Gasteiger partial charge in [-0.25, -0.2) is 4.68 Å². The second-order valence-electron chi connectivity index (χ2n) is 3.46. The van der Waals surface area contributed by atoms with Gasteiger partial charge in [-0.05, 0) is 6.07 Å². The Labute approximate surface area is 92.2 Å². The lowest BCUT2D eigenvalue weighted by molar-refractivity contribution is 0.584. The molecule has 2 rings (SSSR count). The number of rotatable bonds is 4. The van der Waals surface area contributed by atoms with Crippen molar-refractivity contribution in [2.24, 2.45) is 0 Å². The van der Waals surface area contributed by atoms with Crippen molar-refractivity contribution >= 4 is 11.3 Å². The predicted octanol–water partition coefficient (Wildman–Crippen LogP) is 1.22. The fourth-order valence-electron chi connectivity index (χ4n) is 1.08. The summed E-state index contributed by atoms with van der Waals surface area (Å²) in [5, 5.41) is 17.3. The van der Waals surface area contributed by atoms with Crippen LogP contribution in [0.1, 0.15) is 18.9 Å². The highest BCUT2D eigenvalue weighted by Crippen LogP contribution is 2.13. The van der Waals surface area contributed by atoms with Gasteiger partial charge in [0.15, 0.2) is 0 Å². The molecule has 0 saturated heterocycles. The van der Waals surface area contributed by atoms with Crippen molar-refractivity contribution in [1.29, 1.82) is 0 Å². The molecule has 0 aromatic carbocycles. The van der Waals surface area contributed by atoms with Gasteiger partial charge in [0.1, 0.15) is 5.01 Å². The normalized spacial score (nSPS) is 11.1. The van der Waals surface area contributed by atoms with E-state index < -0.39 is 0 Å². The summed E-state index contributed by atoms with van der Waals surface area (Å²) in [6.45, 7) is 4.97. The molecule has 15 heavy (non-hydrogen) atoms. The molecular weight excluding hydrogens is 210 g/mol. The molecule has 2 aromatic heterocycles. The second kappa shape index (κ2) is 4.50. The largest absolute Gasteiger partial charge is 0.308 e. The van der Waals surface area contributed by atoms with Crippen LogP contribution in [-0.4, -0.2) is 26.0 Å². The lowest BCUT2D eigenvalue weighted by Gasteiger charge is -2.03. The van der Waals surface area contributed by atoms with Crippen molar-refractivity contribution in [3.05, 3.63) is 23.5 Å². The van der Waals surface area contributed by atoms with E-state index in [1.165, 1.54) is 0 Å². The molecule has 1 N–H and O–H groups in total. The molecule has 0 atom stereocenters. The van der Waals surface area contributed by atoms with E-state index in [9.17, 15) is 0 Å². The minimum absolute atomic E-state index is 0.460. The molecule has 0 bridgehead atoms. The van der Waals surface area contributed by atoms with Gasteiger partial charge in [-0.1, -0.05) is 25.2 Å². The van der Waals surface area contributed by atoms with E-state index in [1.807, 2.05) is 12.3 Å². The molecule has 0 aliphatic carbocycles. The summed E-state index contributed by atoms with van der Waals surface area (Å²) in [6, 6.07) is 2.33. The molecule has 0 aliphatic rings. The van der Waals surface area contributed by atoms with Gasteiger partial charge in [-0.3, -0.25) is 0 Å². The van der Waals surface area contributed by atoms with Gasteiger partial charge < -0.3 is 5.32 Å². The Morgan fingerprint density at radius 2 is 2.33 bits per heavy atom. The SMILES string of the molecule is CC(C)NCc1nnc(-n2cccn2)s1. The zero-order valence-electron chi connectivity index (χ0n) is 8.71. The fraction of sp³-hybridized carbons (Fsp3) is 0.444. The molecule has 80 valence electrons. The molecular formula is C9H13N5S. The molecule has 2 aromatic rings. The van der Waals surface area contributed by atoms with Gasteiger partial charge in [0.2, 0.25) is 5.13 Å². The first-order valence-corrected chi connectivity index (χ1v) is 5.63. The van der Waals surface area contributed by atoms with Crippen LogP contribution in [0.15, 0.2) is 18.5 Å². The van der Waals surface area contributed by atoms with Crippen LogP contribution in [0.25, 0.3) is 5.13 Å². The number of hydrogen-bond donors (Lipinski definition) is 1. The van der Waals surface area contributed by atoms with E-state index in [0.29, 0.717) is 6.04 Å². The summed E-state index contributed by atoms with van der Waals surface area (Å²) in [5.74, 6) is 0. The topological polar surface area (TPSA) is 55.6 Å². The minimum Gasteiger partial charge on any atom is -0.308 e. The van der Waals surface area contributed by atoms with Crippen molar-refractivity contribution in [1.82, 2.24) is 25.3 Å². The average molecular weight is 223 g/mol. The Kier molecular flexibility index (Phi) is 3.08. The summed E-state index contributed by atoms with van der Waals surface area (Å²) in [6.07, 6.45) is 3.59. The summed E-state index contributed by atoms with van der Waals surface area (Å²) >= 11 is 1.55. The first-order valence-electron chi connectivity index (χ1n) is 4.81. The van der Waals surface area contributed by atoms with Crippen LogP contribution < -0.4 is 5.32 Å². The lowest BCUT2D eigenvalue weighted by atomic mass is 10.4. The van der Waals surface area contributed by atoms with Gasteiger partial charge in [-0.2, -0.15) is 5.10 Å². The number of nitrogens with zero attached hydrogens (tertiary/aromatic N) is 4. The quantitative estimate of drug-likeness (QED) is 0.846. The molecule has 0 fully saturated rings. The Morgan fingerprint density at radius 1 is 1.47 bits per heavy atom. The molecule has 0 radical (unpaired) electrons. The summed E-state index contributed by atoms with van der Waals surface area (Å²) < 4.78 is 1.72. The first kappa shape index (κ1) is 10.3. The number of hydrogen-bond acceptors (Lipinski definition) is 5. The third kappa shape index (κ3) is 2.60. The smallest absolute Gasteiger partial charge is 0.232 e. The highest BCUT2D eigenvalue weighted by molar-refractivity contribution is 7.13. The third-order valence-corrected chi connectivity index (χ3v) is 2.73. The Hall–Kier alpha value is -1.27. The van der Waals surface area contributed by atoms with E-state index in [2.05, 4.69) is 34.5 Å².